The average Bonchev–Trinajstić information content (AvgIpc) is 2.30. The number of carbonyl (C=O) groups is 1. The van der Waals surface area contributed by atoms with Gasteiger partial charge in [0, 0.05) is 12.5 Å². The SMILES string of the molecule is CCC(C)C(=O)C(CN)c1ccccc1. The third-order valence-corrected chi connectivity index (χ3v) is 2.88. The molecule has 0 spiro atoms. The van der Waals surface area contributed by atoms with Crippen LogP contribution in [0.3, 0.4) is 0 Å². The molecule has 1 rings (SSSR count). The number of ketones is 1. The summed E-state index contributed by atoms with van der Waals surface area (Å²) in [4.78, 5) is 12.0. The number of Topliss-reactive ketones (excluding diaryl/α,β-unsaturated/α-hetero) is 1. The van der Waals surface area contributed by atoms with Crippen molar-refractivity contribution >= 4 is 5.78 Å². The molecule has 2 N–H and O–H groups in total. The quantitative estimate of drug-likeness (QED) is 0.801. The highest BCUT2D eigenvalue weighted by molar-refractivity contribution is 5.87. The Labute approximate surface area is 91.5 Å². The summed E-state index contributed by atoms with van der Waals surface area (Å²) in [6, 6.07) is 9.78. The van der Waals surface area contributed by atoms with Crippen LogP contribution in [0.1, 0.15) is 31.7 Å². The molecule has 0 saturated carbocycles. The van der Waals surface area contributed by atoms with Crippen molar-refractivity contribution < 1.29 is 4.79 Å². The molecular weight excluding hydrogens is 186 g/mol. The van der Waals surface area contributed by atoms with E-state index in [4.69, 9.17) is 5.73 Å². The lowest BCUT2D eigenvalue weighted by molar-refractivity contribution is -0.123. The van der Waals surface area contributed by atoms with E-state index in [1.54, 1.807) is 0 Å². The van der Waals surface area contributed by atoms with Crippen LogP contribution in [0.5, 0.6) is 0 Å². The second-order valence-electron chi connectivity index (χ2n) is 3.91. The van der Waals surface area contributed by atoms with Crippen molar-refractivity contribution in [3.05, 3.63) is 35.9 Å². The van der Waals surface area contributed by atoms with Gasteiger partial charge in [-0.1, -0.05) is 44.2 Å². The summed E-state index contributed by atoms with van der Waals surface area (Å²) >= 11 is 0. The molecule has 0 aliphatic carbocycles. The summed E-state index contributed by atoms with van der Waals surface area (Å²) in [5.74, 6) is 0.214. The van der Waals surface area contributed by atoms with Gasteiger partial charge in [-0.05, 0) is 12.0 Å². The zero-order valence-corrected chi connectivity index (χ0v) is 9.44. The molecule has 0 saturated heterocycles. The number of nitrogens with two attached hydrogens (primary N) is 1. The number of hydrogen-bond acceptors (Lipinski definition) is 2. The first-order valence-corrected chi connectivity index (χ1v) is 5.49. The third-order valence-electron chi connectivity index (χ3n) is 2.88. The number of benzene rings is 1. The molecule has 1 aromatic carbocycles. The van der Waals surface area contributed by atoms with Gasteiger partial charge in [-0.2, -0.15) is 0 Å². The largest absolute Gasteiger partial charge is 0.329 e. The maximum Gasteiger partial charge on any atom is 0.144 e. The Bertz CT molecular complexity index is 308. The summed E-state index contributed by atoms with van der Waals surface area (Å²) in [6.45, 7) is 4.39. The minimum absolute atomic E-state index is 0.0961. The molecular formula is C13H19NO. The first-order valence-electron chi connectivity index (χ1n) is 5.49. The van der Waals surface area contributed by atoms with Crippen LogP contribution in [0, 0.1) is 5.92 Å². The molecule has 0 amide bonds. The maximum atomic E-state index is 12.0. The maximum absolute atomic E-state index is 12.0. The Morgan fingerprint density at radius 1 is 1.33 bits per heavy atom. The summed E-state index contributed by atoms with van der Waals surface area (Å²) in [7, 11) is 0. The van der Waals surface area contributed by atoms with Crippen LogP contribution >= 0.6 is 0 Å². The van der Waals surface area contributed by atoms with Crippen molar-refractivity contribution in [1.29, 1.82) is 0 Å². The standard InChI is InChI=1S/C13H19NO/c1-3-10(2)13(15)12(9-14)11-7-5-4-6-8-11/h4-8,10,12H,3,9,14H2,1-2H3. The predicted octanol–water partition coefficient (Wildman–Crippen LogP) is 2.34. The molecule has 0 aliphatic heterocycles. The van der Waals surface area contributed by atoms with Gasteiger partial charge in [0.1, 0.15) is 5.78 Å². The van der Waals surface area contributed by atoms with Crippen molar-refractivity contribution in [3.8, 4) is 0 Å². The summed E-state index contributed by atoms with van der Waals surface area (Å²) in [5, 5.41) is 0. The molecule has 0 radical (unpaired) electrons. The fourth-order valence-corrected chi connectivity index (χ4v) is 1.65. The van der Waals surface area contributed by atoms with Crippen molar-refractivity contribution in [1.82, 2.24) is 0 Å². The summed E-state index contributed by atoms with van der Waals surface area (Å²) < 4.78 is 0. The van der Waals surface area contributed by atoms with Crippen LogP contribution in [0.4, 0.5) is 0 Å². The molecule has 82 valence electrons. The first kappa shape index (κ1) is 11.9. The third kappa shape index (κ3) is 2.90. The van der Waals surface area contributed by atoms with E-state index in [1.807, 2.05) is 44.2 Å². The molecule has 0 bridgehead atoms. The molecule has 0 heterocycles. The highest BCUT2D eigenvalue weighted by Gasteiger charge is 2.22. The lowest BCUT2D eigenvalue weighted by Crippen LogP contribution is -2.26. The van der Waals surface area contributed by atoms with Gasteiger partial charge < -0.3 is 5.73 Å². The highest BCUT2D eigenvalue weighted by Crippen LogP contribution is 2.20. The van der Waals surface area contributed by atoms with Gasteiger partial charge in [-0.25, -0.2) is 0 Å². The van der Waals surface area contributed by atoms with E-state index in [0.717, 1.165) is 12.0 Å². The summed E-state index contributed by atoms with van der Waals surface area (Å²) in [6.07, 6.45) is 0.877. The van der Waals surface area contributed by atoms with Crippen LogP contribution in [0.15, 0.2) is 30.3 Å². The Kier molecular flexibility index (Phi) is 4.50. The van der Waals surface area contributed by atoms with E-state index in [-0.39, 0.29) is 17.6 Å². The van der Waals surface area contributed by atoms with Crippen LogP contribution in [0.25, 0.3) is 0 Å². The van der Waals surface area contributed by atoms with Gasteiger partial charge in [0.05, 0.1) is 5.92 Å². The van der Waals surface area contributed by atoms with Gasteiger partial charge in [-0.15, -0.1) is 0 Å². The van der Waals surface area contributed by atoms with Gasteiger partial charge in [0.25, 0.3) is 0 Å². The molecule has 0 aromatic heterocycles. The molecule has 0 aliphatic rings. The fraction of sp³-hybridized carbons (Fsp3) is 0.462. The molecule has 0 fully saturated rings. The zero-order chi connectivity index (χ0) is 11.3. The summed E-state index contributed by atoms with van der Waals surface area (Å²) in [5.41, 5.74) is 6.71. The molecule has 2 nitrogen and oxygen atoms in total. The second kappa shape index (κ2) is 5.66. The predicted molar refractivity (Wildman–Crippen MR) is 62.7 cm³/mol. The molecule has 1 aromatic rings. The van der Waals surface area contributed by atoms with Gasteiger partial charge >= 0.3 is 0 Å². The van der Waals surface area contributed by atoms with Crippen molar-refractivity contribution in [3.63, 3.8) is 0 Å². The van der Waals surface area contributed by atoms with Gasteiger partial charge in [0.2, 0.25) is 0 Å². The minimum Gasteiger partial charge on any atom is -0.329 e. The molecule has 2 atom stereocenters. The van der Waals surface area contributed by atoms with Crippen LogP contribution in [0.2, 0.25) is 0 Å². The fourth-order valence-electron chi connectivity index (χ4n) is 1.65. The number of rotatable bonds is 5. The Hall–Kier alpha value is -1.15. The lowest BCUT2D eigenvalue weighted by Gasteiger charge is -2.17. The second-order valence-corrected chi connectivity index (χ2v) is 3.91. The van der Waals surface area contributed by atoms with Crippen molar-refractivity contribution in [2.45, 2.75) is 26.2 Å². The molecule has 2 heteroatoms. The molecule has 2 unspecified atom stereocenters. The first-order chi connectivity index (χ1) is 7.20. The van der Waals surface area contributed by atoms with Crippen LogP contribution in [-0.4, -0.2) is 12.3 Å². The Balaban J connectivity index is 2.85. The van der Waals surface area contributed by atoms with E-state index in [9.17, 15) is 4.79 Å². The van der Waals surface area contributed by atoms with Gasteiger partial charge in [0.15, 0.2) is 0 Å². The van der Waals surface area contributed by atoms with E-state index >= 15 is 0 Å². The lowest BCUT2D eigenvalue weighted by atomic mass is 9.87. The van der Waals surface area contributed by atoms with E-state index in [2.05, 4.69) is 0 Å². The Morgan fingerprint density at radius 2 is 1.93 bits per heavy atom. The zero-order valence-electron chi connectivity index (χ0n) is 9.44. The minimum atomic E-state index is -0.138. The Morgan fingerprint density at radius 3 is 2.40 bits per heavy atom. The average molecular weight is 205 g/mol. The number of hydrogen-bond donors (Lipinski definition) is 1. The van der Waals surface area contributed by atoms with Crippen LogP contribution < -0.4 is 5.73 Å². The number of carbonyl (C=O) groups excluding carboxylic acids is 1. The van der Waals surface area contributed by atoms with E-state index < -0.39 is 0 Å². The van der Waals surface area contributed by atoms with Crippen LogP contribution in [-0.2, 0) is 4.79 Å². The van der Waals surface area contributed by atoms with Crippen molar-refractivity contribution in [2.24, 2.45) is 11.7 Å². The van der Waals surface area contributed by atoms with E-state index in [0.29, 0.717) is 6.54 Å². The smallest absolute Gasteiger partial charge is 0.144 e. The van der Waals surface area contributed by atoms with Gasteiger partial charge in [-0.3, -0.25) is 4.79 Å². The monoisotopic (exact) mass is 205 g/mol. The topological polar surface area (TPSA) is 43.1 Å². The normalized spacial score (nSPS) is 14.6. The highest BCUT2D eigenvalue weighted by atomic mass is 16.1. The van der Waals surface area contributed by atoms with E-state index in [1.165, 1.54) is 0 Å². The van der Waals surface area contributed by atoms with Crippen molar-refractivity contribution in [2.75, 3.05) is 6.54 Å². The molecule has 15 heavy (non-hydrogen) atoms.